The summed E-state index contributed by atoms with van der Waals surface area (Å²) in [6.07, 6.45) is 5.25. The Kier molecular flexibility index (Phi) is 7.24. The van der Waals surface area contributed by atoms with Gasteiger partial charge in [-0.3, -0.25) is 9.69 Å². The number of likely N-dealkylation sites (tertiary alicyclic amines) is 1. The van der Waals surface area contributed by atoms with Gasteiger partial charge in [0.25, 0.3) is 0 Å². The fourth-order valence-corrected chi connectivity index (χ4v) is 12.1. The van der Waals surface area contributed by atoms with Crippen molar-refractivity contribution in [3.8, 4) is 0 Å². The molecular formula is C35H47NO8. The molecule has 6 aliphatic rings. The number of rotatable bonds is 9. The lowest BCUT2D eigenvalue weighted by Crippen LogP contribution is -2.82. The number of aliphatic hydroxyl groups is 3. The summed E-state index contributed by atoms with van der Waals surface area (Å²) in [4.78, 5) is 29.1. The number of hydrogen-bond donors (Lipinski definition) is 3. The minimum absolute atomic E-state index is 0.0295. The third kappa shape index (κ3) is 3.57. The van der Waals surface area contributed by atoms with Crippen molar-refractivity contribution < 1.29 is 39.1 Å². The lowest BCUT2D eigenvalue weighted by atomic mass is 9.42. The lowest BCUT2D eigenvalue weighted by Gasteiger charge is -2.71. The molecule has 1 saturated heterocycles. The molecule has 3 unspecified atom stereocenters. The Labute approximate surface area is 259 Å². The third-order valence-electron chi connectivity index (χ3n) is 13.3. The van der Waals surface area contributed by atoms with Crippen LogP contribution in [0.5, 0.6) is 0 Å². The number of ketones is 1. The van der Waals surface area contributed by atoms with Crippen LogP contribution in [0, 0.1) is 35.0 Å². The molecule has 0 amide bonds. The number of allylic oxidation sites excluding steroid dienone is 2. The Bertz CT molecular complexity index is 1370. The number of methoxy groups -OCH3 is 2. The van der Waals surface area contributed by atoms with Crippen LogP contribution in [0.2, 0.25) is 0 Å². The van der Waals surface area contributed by atoms with Gasteiger partial charge in [-0.2, -0.15) is 0 Å². The number of benzene rings is 1. The summed E-state index contributed by atoms with van der Waals surface area (Å²) >= 11 is 0. The van der Waals surface area contributed by atoms with Crippen molar-refractivity contribution in [3.63, 3.8) is 0 Å². The van der Waals surface area contributed by atoms with Crippen LogP contribution in [0.15, 0.2) is 36.4 Å². The van der Waals surface area contributed by atoms with Gasteiger partial charge in [0.15, 0.2) is 5.78 Å². The second kappa shape index (κ2) is 10.4. The maximum atomic E-state index is 14.2. The number of piperidine rings is 1. The number of hydrogen-bond acceptors (Lipinski definition) is 9. The van der Waals surface area contributed by atoms with Gasteiger partial charge in [0.05, 0.1) is 17.8 Å². The van der Waals surface area contributed by atoms with Crippen molar-refractivity contribution in [1.29, 1.82) is 0 Å². The molecule has 12 atom stereocenters. The predicted octanol–water partition coefficient (Wildman–Crippen LogP) is 2.54. The first-order valence-electron chi connectivity index (χ1n) is 16.4. The van der Waals surface area contributed by atoms with Gasteiger partial charge >= 0.3 is 5.97 Å². The van der Waals surface area contributed by atoms with E-state index < -0.39 is 34.3 Å². The summed E-state index contributed by atoms with van der Waals surface area (Å²) in [6, 6.07) is 7.08. The fourth-order valence-electron chi connectivity index (χ4n) is 12.1. The molecule has 1 heterocycles. The molecule has 5 aliphatic carbocycles. The van der Waals surface area contributed by atoms with Crippen LogP contribution < -0.4 is 0 Å². The molecule has 0 aromatic heterocycles. The van der Waals surface area contributed by atoms with Gasteiger partial charge in [-0.15, -0.1) is 0 Å². The number of carbonyl (C=O) groups excluding carboxylic acids is 2. The molecule has 1 aliphatic heterocycles. The van der Waals surface area contributed by atoms with Gasteiger partial charge < -0.3 is 29.5 Å². The van der Waals surface area contributed by atoms with Crippen LogP contribution in [0.25, 0.3) is 0 Å². The Balaban J connectivity index is 1.35. The summed E-state index contributed by atoms with van der Waals surface area (Å²) in [5.41, 5.74) is -3.38. The smallest absolute Gasteiger partial charge is 0.339 e. The van der Waals surface area contributed by atoms with Crippen LogP contribution in [0.1, 0.15) is 61.9 Å². The molecule has 1 spiro atoms. The van der Waals surface area contributed by atoms with Crippen molar-refractivity contribution in [2.45, 2.75) is 87.4 Å². The quantitative estimate of drug-likeness (QED) is 0.286. The number of carbonyl (C=O) groups is 2. The van der Waals surface area contributed by atoms with Crippen molar-refractivity contribution in [2.75, 3.05) is 33.9 Å². The second-order valence-corrected chi connectivity index (χ2v) is 14.4. The minimum atomic E-state index is -1.51. The fraction of sp³-hybridized carbons (Fsp3) is 0.714. The zero-order chi connectivity index (χ0) is 31.2. The topological polar surface area (TPSA) is 126 Å². The average molecular weight is 610 g/mol. The highest BCUT2D eigenvalue weighted by Gasteiger charge is 2.88. The number of ether oxygens (including phenoxy) is 3. The van der Waals surface area contributed by atoms with Crippen LogP contribution in [-0.2, 0) is 25.4 Å². The largest absolute Gasteiger partial charge is 0.454 e. The van der Waals surface area contributed by atoms with E-state index >= 15 is 0 Å². The summed E-state index contributed by atoms with van der Waals surface area (Å²) < 4.78 is 18.8. The number of fused-ring (bicyclic) bond motifs is 2. The van der Waals surface area contributed by atoms with E-state index in [1.807, 2.05) is 6.07 Å². The molecule has 1 aromatic carbocycles. The molecule has 44 heavy (non-hydrogen) atoms. The molecule has 7 bridgehead atoms. The Morgan fingerprint density at radius 3 is 2.57 bits per heavy atom. The summed E-state index contributed by atoms with van der Waals surface area (Å²) in [6.45, 7) is 5.09. The zero-order valence-corrected chi connectivity index (χ0v) is 26.3. The van der Waals surface area contributed by atoms with Gasteiger partial charge in [0, 0.05) is 75.3 Å². The molecular weight excluding hydrogens is 562 g/mol. The number of likely N-dealkylation sites (N-methyl/N-ethyl adjacent to an activating group) is 1. The number of esters is 1. The molecule has 6 fully saturated rings. The van der Waals surface area contributed by atoms with E-state index in [0.29, 0.717) is 56.3 Å². The molecule has 1 aromatic rings. The predicted molar refractivity (Wildman–Crippen MR) is 161 cm³/mol. The van der Waals surface area contributed by atoms with Gasteiger partial charge in [-0.25, -0.2) is 4.79 Å². The van der Waals surface area contributed by atoms with Gasteiger partial charge in [-0.05, 0) is 62.8 Å². The Hall–Kier alpha value is -2.14. The van der Waals surface area contributed by atoms with Crippen LogP contribution >= 0.6 is 0 Å². The molecule has 9 nitrogen and oxygen atoms in total. The Morgan fingerprint density at radius 1 is 1.11 bits per heavy atom. The van der Waals surface area contributed by atoms with Crippen LogP contribution in [0.3, 0.4) is 0 Å². The summed E-state index contributed by atoms with van der Waals surface area (Å²) in [5.74, 6) is -1.56. The maximum absolute atomic E-state index is 14.2. The third-order valence-corrected chi connectivity index (χ3v) is 13.3. The van der Waals surface area contributed by atoms with E-state index in [9.17, 15) is 24.9 Å². The van der Waals surface area contributed by atoms with Gasteiger partial charge in [-0.1, -0.05) is 31.2 Å². The van der Waals surface area contributed by atoms with Gasteiger partial charge in [0.1, 0.15) is 16.8 Å². The SMILES string of the molecule is C/C=C/C(=O)Cc1ccccc1C(=O)O[C@@]12CC[C@H](CO)[C@]34C([C@H](CC13)[C@@]1(O)C[C@H](OC)[C@H]3CC4[C@]1(O)[C@H]3OC)N(CC)C2. The maximum Gasteiger partial charge on any atom is 0.339 e. The van der Waals surface area contributed by atoms with E-state index in [2.05, 4.69) is 11.8 Å². The first-order chi connectivity index (χ1) is 21.1. The van der Waals surface area contributed by atoms with Crippen molar-refractivity contribution in [1.82, 2.24) is 4.90 Å². The summed E-state index contributed by atoms with van der Waals surface area (Å²) in [7, 11) is 3.28. The first kappa shape index (κ1) is 30.5. The average Bonchev–Trinajstić information content (AvgIpc) is 3.44. The first-order valence-corrected chi connectivity index (χ1v) is 16.4. The van der Waals surface area contributed by atoms with Crippen LogP contribution in [0.4, 0.5) is 0 Å². The highest BCUT2D eigenvalue weighted by molar-refractivity contribution is 5.96. The van der Waals surface area contributed by atoms with Crippen molar-refractivity contribution in [2.24, 2.45) is 35.0 Å². The molecule has 9 heteroatoms. The summed E-state index contributed by atoms with van der Waals surface area (Å²) in [5, 5.41) is 36.7. The van der Waals surface area contributed by atoms with E-state index in [-0.39, 0.29) is 60.5 Å². The molecule has 0 radical (unpaired) electrons. The normalized spacial score (nSPS) is 46.8. The van der Waals surface area contributed by atoms with Crippen molar-refractivity contribution >= 4 is 11.8 Å². The second-order valence-electron chi connectivity index (χ2n) is 14.4. The van der Waals surface area contributed by atoms with Gasteiger partial charge in [0.2, 0.25) is 0 Å². The highest BCUT2D eigenvalue weighted by atomic mass is 16.6. The zero-order valence-electron chi connectivity index (χ0n) is 26.3. The number of nitrogens with zero attached hydrogens (tertiary/aromatic N) is 1. The van der Waals surface area contributed by atoms with E-state index in [1.54, 1.807) is 45.4 Å². The number of aliphatic hydroxyl groups excluding tert-OH is 1. The monoisotopic (exact) mass is 609 g/mol. The molecule has 7 rings (SSSR count). The van der Waals surface area contributed by atoms with Crippen molar-refractivity contribution in [3.05, 3.63) is 47.5 Å². The Morgan fingerprint density at radius 2 is 1.89 bits per heavy atom. The minimum Gasteiger partial charge on any atom is -0.454 e. The molecule has 240 valence electrons. The standard InChI is InChI=1S/C35H47NO8/c1-5-9-22(38)14-20-10-7-8-11-23(20)31(39)44-32-13-12-21(18-37)34-27(32)16-25(29(34)36(6-2)19-32)33(40)17-26(42-3)24-15-28(34)35(33,41)30(24)43-4/h5,7-11,21,24-30,37,40-41H,6,12-19H2,1-4H3/b9-5+/t21-,24-,25+,26+,27?,28?,29?,30+,32-,33+,34+,35+/m1/s1. The van der Waals surface area contributed by atoms with E-state index in [0.717, 1.165) is 0 Å². The molecule has 3 N–H and O–H groups in total. The van der Waals surface area contributed by atoms with E-state index in [1.165, 1.54) is 6.08 Å². The molecule has 5 saturated carbocycles. The van der Waals surface area contributed by atoms with E-state index in [4.69, 9.17) is 14.2 Å². The lowest BCUT2D eigenvalue weighted by molar-refractivity contribution is -0.333. The highest BCUT2D eigenvalue weighted by Crippen LogP contribution is 2.80. The van der Waals surface area contributed by atoms with Crippen LogP contribution in [-0.4, -0.2) is 101 Å².